The van der Waals surface area contributed by atoms with E-state index in [1.165, 1.54) is 32.3 Å². The highest BCUT2D eigenvalue weighted by atomic mass is 14.7. The molecule has 0 aliphatic heterocycles. The van der Waals surface area contributed by atoms with Gasteiger partial charge in [-0.2, -0.15) is 0 Å². The summed E-state index contributed by atoms with van der Waals surface area (Å²) < 4.78 is 0. The molecule has 0 saturated heterocycles. The summed E-state index contributed by atoms with van der Waals surface area (Å²) in [7, 11) is 0. The van der Waals surface area contributed by atoms with E-state index in [-0.39, 0.29) is 0 Å². The summed E-state index contributed by atoms with van der Waals surface area (Å²) >= 11 is 0. The first kappa shape index (κ1) is 30.4. The number of pyridine rings is 3. The van der Waals surface area contributed by atoms with E-state index < -0.39 is 0 Å². The lowest BCUT2D eigenvalue weighted by Crippen LogP contribution is -1.94. The minimum atomic E-state index is 0.962. The van der Waals surface area contributed by atoms with Gasteiger partial charge in [-0.15, -0.1) is 0 Å². The van der Waals surface area contributed by atoms with Crippen molar-refractivity contribution in [2.24, 2.45) is 0 Å². The lowest BCUT2D eigenvalue weighted by atomic mass is 9.87. The molecule has 0 saturated carbocycles. The summed E-state index contributed by atoms with van der Waals surface area (Å²) in [6, 6.07) is 63.0. The first-order chi connectivity index (χ1) is 26.8. The molecule has 0 amide bonds. The minimum Gasteiger partial charge on any atom is -0.264 e. The standard InChI is InChI=1S/C51H31N3/c1-2-14-33(15-3-1)50-45-30-44(39-18-6-7-19-40(39)49(45)42-21-9-11-23-47(42)53-50)36-27-35(34-16-12-26-52-31-34)28-37(29-36)51-43-25-24-32-13-4-5-17-38(32)48(43)41-20-8-10-22-46(41)54-51/h1-31H. The molecule has 0 atom stereocenters. The number of aromatic nitrogens is 3. The predicted octanol–water partition coefficient (Wildman–Crippen LogP) is 13.5. The lowest BCUT2D eigenvalue weighted by molar-refractivity contribution is 1.33. The van der Waals surface area contributed by atoms with Crippen LogP contribution in [0.2, 0.25) is 0 Å². The molecule has 0 aliphatic carbocycles. The molecule has 0 N–H and O–H groups in total. The third kappa shape index (κ3) is 4.79. The molecule has 0 radical (unpaired) electrons. The van der Waals surface area contributed by atoms with Gasteiger partial charge in [-0.05, 0) is 80.7 Å². The Morgan fingerprint density at radius 3 is 1.63 bits per heavy atom. The molecule has 3 aromatic heterocycles. The maximum atomic E-state index is 5.42. The van der Waals surface area contributed by atoms with E-state index in [2.05, 4.69) is 175 Å². The molecule has 0 bridgehead atoms. The number of hydrogen-bond acceptors (Lipinski definition) is 3. The molecule has 11 aromatic rings. The molecular weight excluding hydrogens is 655 g/mol. The van der Waals surface area contributed by atoms with Crippen molar-refractivity contribution in [1.29, 1.82) is 0 Å². The zero-order chi connectivity index (χ0) is 35.6. The third-order valence-corrected chi connectivity index (χ3v) is 10.9. The fourth-order valence-electron chi connectivity index (χ4n) is 8.43. The Morgan fingerprint density at radius 2 is 0.889 bits per heavy atom. The van der Waals surface area contributed by atoms with Gasteiger partial charge in [0, 0.05) is 61.4 Å². The Labute approximate surface area is 311 Å². The van der Waals surface area contributed by atoms with E-state index in [4.69, 9.17) is 9.97 Å². The minimum absolute atomic E-state index is 0.962. The fraction of sp³-hybridized carbons (Fsp3) is 0. The largest absolute Gasteiger partial charge is 0.264 e. The van der Waals surface area contributed by atoms with E-state index >= 15 is 0 Å². The molecule has 250 valence electrons. The smallest absolute Gasteiger partial charge is 0.0788 e. The van der Waals surface area contributed by atoms with Gasteiger partial charge in [-0.3, -0.25) is 4.98 Å². The van der Waals surface area contributed by atoms with Crippen molar-refractivity contribution in [1.82, 2.24) is 15.0 Å². The van der Waals surface area contributed by atoms with Crippen molar-refractivity contribution < 1.29 is 0 Å². The van der Waals surface area contributed by atoms with E-state index in [0.717, 1.165) is 77.3 Å². The predicted molar refractivity (Wildman–Crippen MR) is 227 cm³/mol. The number of fused-ring (bicyclic) bond motifs is 10. The summed E-state index contributed by atoms with van der Waals surface area (Å²) in [6.45, 7) is 0. The molecule has 8 aromatic carbocycles. The molecule has 0 spiro atoms. The Morgan fingerprint density at radius 1 is 0.315 bits per heavy atom. The van der Waals surface area contributed by atoms with Gasteiger partial charge in [0.1, 0.15) is 0 Å². The lowest BCUT2D eigenvalue weighted by Gasteiger charge is -2.18. The molecule has 3 heteroatoms. The van der Waals surface area contributed by atoms with Gasteiger partial charge in [0.25, 0.3) is 0 Å². The van der Waals surface area contributed by atoms with Gasteiger partial charge in [-0.25, -0.2) is 9.97 Å². The van der Waals surface area contributed by atoms with Gasteiger partial charge in [0.2, 0.25) is 0 Å². The number of hydrogen-bond donors (Lipinski definition) is 0. The SMILES string of the molecule is c1ccc(-c2nc3ccccc3c3c2cc(-c2cc(-c4cccnc4)cc(-c4nc5ccccc5c5c4ccc4ccccc45)c2)c2ccccc23)cc1. The molecule has 0 aliphatic rings. The van der Waals surface area contributed by atoms with Crippen LogP contribution in [0.25, 0.3) is 110 Å². The zero-order valence-corrected chi connectivity index (χ0v) is 29.2. The second-order valence-corrected chi connectivity index (χ2v) is 14.0. The average molecular weight is 686 g/mol. The number of para-hydroxylation sites is 2. The normalized spacial score (nSPS) is 11.7. The van der Waals surface area contributed by atoms with Crippen LogP contribution in [-0.4, -0.2) is 15.0 Å². The van der Waals surface area contributed by atoms with Crippen LogP contribution in [0, 0.1) is 0 Å². The van der Waals surface area contributed by atoms with Gasteiger partial charge in [0.15, 0.2) is 0 Å². The fourth-order valence-corrected chi connectivity index (χ4v) is 8.43. The van der Waals surface area contributed by atoms with Crippen LogP contribution in [-0.2, 0) is 0 Å². The van der Waals surface area contributed by atoms with Crippen LogP contribution in [0.5, 0.6) is 0 Å². The molecule has 0 fully saturated rings. The maximum absolute atomic E-state index is 5.42. The van der Waals surface area contributed by atoms with Crippen molar-refractivity contribution in [3.63, 3.8) is 0 Å². The van der Waals surface area contributed by atoms with Crippen LogP contribution in [0.1, 0.15) is 0 Å². The topological polar surface area (TPSA) is 38.7 Å². The Kier molecular flexibility index (Phi) is 6.86. The average Bonchev–Trinajstić information content (AvgIpc) is 3.25. The first-order valence-corrected chi connectivity index (χ1v) is 18.3. The molecule has 0 unspecified atom stereocenters. The molecule has 11 rings (SSSR count). The van der Waals surface area contributed by atoms with E-state index in [1.807, 2.05) is 18.5 Å². The summed E-state index contributed by atoms with van der Waals surface area (Å²) in [5.41, 5.74) is 10.5. The van der Waals surface area contributed by atoms with E-state index in [1.54, 1.807) is 0 Å². The monoisotopic (exact) mass is 685 g/mol. The molecule has 54 heavy (non-hydrogen) atoms. The van der Waals surface area contributed by atoms with Crippen molar-refractivity contribution >= 4 is 64.9 Å². The van der Waals surface area contributed by atoms with Crippen LogP contribution in [0.3, 0.4) is 0 Å². The van der Waals surface area contributed by atoms with E-state index in [9.17, 15) is 0 Å². The summed E-state index contributed by atoms with van der Waals surface area (Å²) in [6.07, 6.45) is 3.78. The van der Waals surface area contributed by atoms with E-state index in [0.29, 0.717) is 0 Å². The highest BCUT2D eigenvalue weighted by molar-refractivity contribution is 6.26. The second kappa shape index (κ2) is 12.2. The summed E-state index contributed by atoms with van der Waals surface area (Å²) in [4.78, 5) is 15.3. The molecular formula is C51H31N3. The van der Waals surface area contributed by atoms with Gasteiger partial charge < -0.3 is 0 Å². The van der Waals surface area contributed by atoms with Crippen molar-refractivity contribution in [2.75, 3.05) is 0 Å². The van der Waals surface area contributed by atoms with Gasteiger partial charge >= 0.3 is 0 Å². The molecule has 3 nitrogen and oxygen atoms in total. The number of nitrogens with zero attached hydrogens (tertiary/aromatic N) is 3. The van der Waals surface area contributed by atoms with Crippen molar-refractivity contribution in [3.05, 3.63) is 188 Å². The van der Waals surface area contributed by atoms with Crippen LogP contribution in [0.4, 0.5) is 0 Å². The molecule has 3 heterocycles. The second-order valence-electron chi connectivity index (χ2n) is 14.0. The number of benzene rings is 8. The quantitative estimate of drug-likeness (QED) is 0.173. The number of rotatable bonds is 4. The third-order valence-electron chi connectivity index (χ3n) is 10.9. The Bertz CT molecular complexity index is 3250. The van der Waals surface area contributed by atoms with Gasteiger partial charge in [0.05, 0.1) is 22.4 Å². The van der Waals surface area contributed by atoms with Crippen LogP contribution in [0.15, 0.2) is 188 Å². The summed E-state index contributed by atoms with van der Waals surface area (Å²) in [5.74, 6) is 0. The van der Waals surface area contributed by atoms with Gasteiger partial charge in [-0.1, -0.05) is 133 Å². The van der Waals surface area contributed by atoms with Crippen molar-refractivity contribution in [3.8, 4) is 44.8 Å². The van der Waals surface area contributed by atoms with Crippen LogP contribution >= 0.6 is 0 Å². The zero-order valence-electron chi connectivity index (χ0n) is 29.2. The highest BCUT2D eigenvalue weighted by Crippen LogP contribution is 2.44. The highest BCUT2D eigenvalue weighted by Gasteiger charge is 2.19. The van der Waals surface area contributed by atoms with Crippen LogP contribution < -0.4 is 0 Å². The Hall–Kier alpha value is -7.23. The Balaban J connectivity index is 1.27. The van der Waals surface area contributed by atoms with Crippen molar-refractivity contribution in [2.45, 2.75) is 0 Å². The summed E-state index contributed by atoms with van der Waals surface area (Å²) in [5, 5.41) is 11.9. The maximum Gasteiger partial charge on any atom is 0.0788 e. The first-order valence-electron chi connectivity index (χ1n) is 18.3.